The van der Waals surface area contributed by atoms with Gasteiger partial charge in [-0.05, 0) is 38.0 Å². The van der Waals surface area contributed by atoms with E-state index in [2.05, 4.69) is 10.6 Å². The number of hydrogen-bond acceptors (Lipinski definition) is 3. The molecule has 0 saturated carbocycles. The lowest BCUT2D eigenvalue weighted by Gasteiger charge is -2.22. The molecule has 0 aliphatic carbocycles. The predicted octanol–water partition coefficient (Wildman–Crippen LogP) is 2.11. The molecule has 0 fully saturated rings. The molecule has 124 valence electrons. The van der Waals surface area contributed by atoms with E-state index in [1.54, 1.807) is 14.0 Å². The second-order valence-corrected chi connectivity index (χ2v) is 5.21. The van der Waals surface area contributed by atoms with Gasteiger partial charge < -0.3 is 20.5 Å². The van der Waals surface area contributed by atoms with Crippen LogP contribution in [0.25, 0.3) is 0 Å². The van der Waals surface area contributed by atoms with Gasteiger partial charge in [0, 0.05) is 19.8 Å². The molecule has 0 bridgehead atoms. The van der Waals surface area contributed by atoms with Crippen LogP contribution in [-0.4, -0.2) is 36.9 Å². The summed E-state index contributed by atoms with van der Waals surface area (Å²) in [6, 6.07) is 1.93. The SMILES string of the molecule is COCCC(C)NC(=O)NC(C)C(O)c1ccc(F)c(F)c1. The van der Waals surface area contributed by atoms with Gasteiger partial charge in [0.2, 0.25) is 0 Å². The zero-order chi connectivity index (χ0) is 16.7. The number of amides is 2. The zero-order valence-electron chi connectivity index (χ0n) is 12.9. The van der Waals surface area contributed by atoms with Crippen LogP contribution < -0.4 is 10.6 Å². The first kappa shape index (κ1) is 18.3. The maximum absolute atomic E-state index is 13.2. The summed E-state index contributed by atoms with van der Waals surface area (Å²) in [6.07, 6.45) is -0.487. The Labute approximate surface area is 128 Å². The Kier molecular flexibility index (Phi) is 7.20. The van der Waals surface area contributed by atoms with E-state index < -0.39 is 29.8 Å². The highest BCUT2D eigenvalue weighted by molar-refractivity contribution is 5.74. The van der Waals surface area contributed by atoms with Gasteiger partial charge in [0.25, 0.3) is 0 Å². The summed E-state index contributed by atoms with van der Waals surface area (Å²) in [7, 11) is 1.58. The van der Waals surface area contributed by atoms with Gasteiger partial charge in [-0.15, -0.1) is 0 Å². The van der Waals surface area contributed by atoms with E-state index in [1.807, 2.05) is 6.92 Å². The van der Waals surface area contributed by atoms with Gasteiger partial charge in [-0.1, -0.05) is 6.07 Å². The van der Waals surface area contributed by atoms with Crippen molar-refractivity contribution >= 4 is 6.03 Å². The number of carbonyl (C=O) groups is 1. The smallest absolute Gasteiger partial charge is 0.315 e. The lowest BCUT2D eigenvalue weighted by atomic mass is 10.0. The van der Waals surface area contributed by atoms with Crippen LogP contribution in [0.5, 0.6) is 0 Å². The van der Waals surface area contributed by atoms with E-state index in [-0.39, 0.29) is 11.6 Å². The van der Waals surface area contributed by atoms with Gasteiger partial charge >= 0.3 is 6.03 Å². The Balaban J connectivity index is 2.54. The second kappa shape index (κ2) is 8.65. The summed E-state index contributed by atoms with van der Waals surface area (Å²) in [6.45, 7) is 3.93. The molecule has 5 nitrogen and oxygen atoms in total. The van der Waals surface area contributed by atoms with E-state index in [9.17, 15) is 18.7 Å². The highest BCUT2D eigenvalue weighted by Gasteiger charge is 2.20. The first-order chi connectivity index (χ1) is 10.3. The average molecular weight is 316 g/mol. The van der Waals surface area contributed by atoms with Crippen molar-refractivity contribution in [3.05, 3.63) is 35.4 Å². The number of benzene rings is 1. The third-order valence-electron chi connectivity index (χ3n) is 3.25. The van der Waals surface area contributed by atoms with E-state index in [0.717, 1.165) is 12.1 Å². The van der Waals surface area contributed by atoms with Crippen molar-refractivity contribution in [1.82, 2.24) is 10.6 Å². The van der Waals surface area contributed by atoms with Gasteiger partial charge in [-0.25, -0.2) is 13.6 Å². The van der Waals surface area contributed by atoms with Crippen LogP contribution in [0.2, 0.25) is 0 Å². The van der Waals surface area contributed by atoms with Crippen molar-refractivity contribution < 1.29 is 23.4 Å². The number of ether oxygens (including phenoxy) is 1. The number of carbonyl (C=O) groups excluding carboxylic acids is 1. The zero-order valence-corrected chi connectivity index (χ0v) is 12.9. The van der Waals surface area contributed by atoms with E-state index in [0.29, 0.717) is 13.0 Å². The predicted molar refractivity (Wildman–Crippen MR) is 78.4 cm³/mol. The number of urea groups is 1. The van der Waals surface area contributed by atoms with Crippen molar-refractivity contribution in [3.63, 3.8) is 0 Å². The first-order valence-corrected chi connectivity index (χ1v) is 7.04. The Morgan fingerprint density at radius 1 is 1.27 bits per heavy atom. The Hall–Kier alpha value is -1.73. The van der Waals surface area contributed by atoms with Crippen LogP contribution in [0.3, 0.4) is 0 Å². The molecule has 0 heterocycles. The van der Waals surface area contributed by atoms with E-state index in [1.165, 1.54) is 6.07 Å². The van der Waals surface area contributed by atoms with Crippen molar-refractivity contribution in [2.45, 2.75) is 38.5 Å². The van der Waals surface area contributed by atoms with Crippen molar-refractivity contribution in [2.24, 2.45) is 0 Å². The molecule has 0 saturated heterocycles. The molecule has 3 unspecified atom stereocenters. The van der Waals surface area contributed by atoms with Crippen LogP contribution >= 0.6 is 0 Å². The van der Waals surface area contributed by atoms with Gasteiger partial charge in [0.05, 0.1) is 12.1 Å². The Morgan fingerprint density at radius 3 is 2.55 bits per heavy atom. The minimum atomic E-state index is -1.14. The maximum atomic E-state index is 13.2. The van der Waals surface area contributed by atoms with Crippen molar-refractivity contribution in [1.29, 1.82) is 0 Å². The molecule has 3 N–H and O–H groups in total. The molecular weight excluding hydrogens is 294 g/mol. The standard InChI is InChI=1S/C15H22F2N2O3/c1-9(6-7-22-3)18-15(21)19-10(2)14(20)11-4-5-12(16)13(17)8-11/h4-5,8-10,14,20H,6-7H2,1-3H3,(H2,18,19,21). The molecule has 0 aliphatic heterocycles. The number of methoxy groups -OCH3 is 1. The molecule has 0 spiro atoms. The summed E-state index contributed by atoms with van der Waals surface area (Å²) in [4.78, 5) is 11.8. The third-order valence-corrected chi connectivity index (χ3v) is 3.25. The maximum Gasteiger partial charge on any atom is 0.315 e. The van der Waals surface area contributed by atoms with E-state index in [4.69, 9.17) is 4.74 Å². The summed E-state index contributed by atoms with van der Waals surface area (Å²) < 4.78 is 30.9. The molecule has 1 rings (SSSR count). The third kappa shape index (κ3) is 5.57. The van der Waals surface area contributed by atoms with Crippen LogP contribution in [0, 0.1) is 11.6 Å². The lowest BCUT2D eigenvalue weighted by Crippen LogP contribution is -2.46. The number of aliphatic hydroxyl groups excluding tert-OH is 1. The van der Waals surface area contributed by atoms with Gasteiger partial charge in [0.1, 0.15) is 0 Å². The number of aliphatic hydroxyl groups is 1. The van der Waals surface area contributed by atoms with Gasteiger partial charge in [-0.2, -0.15) is 0 Å². The second-order valence-electron chi connectivity index (χ2n) is 5.21. The normalized spacial score (nSPS) is 15.0. The fourth-order valence-electron chi connectivity index (χ4n) is 1.90. The van der Waals surface area contributed by atoms with E-state index >= 15 is 0 Å². The fraction of sp³-hybridized carbons (Fsp3) is 0.533. The molecule has 2 amide bonds. The largest absolute Gasteiger partial charge is 0.386 e. The molecule has 1 aromatic carbocycles. The molecule has 1 aromatic rings. The molecule has 3 atom stereocenters. The van der Waals surface area contributed by atoms with Crippen LogP contribution in [0.15, 0.2) is 18.2 Å². The minimum Gasteiger partial charge on any atom is -0.386 e. The molecule has 7 heteroatoms. The number of rotatable bonds is 7. The van der Waals surface area contributed by atoms with Crippen LogP contribution in [-0.2, 0) is 4.74 Å². The Morgan fingerprint density at radius 2 is 1.95 bits per heavy atom. The lowest BCUT2D eigenvalue weighted by molar-refractivity contribution is 0.136. The van der Waals surface area contributed by atoms with Crippen molar-refractivity contribution in [3.8, 4) is 0 Å². The Bertz CT molecular complexity index is 500. The highest BCUT2D eigenvalue weighted by Crippen LogP contribution is 2.19. The molecule has 0 radical (unpaired) electrons. The summed E-state index contributed by atoms with van der Waals surface area (Å²) in [5.41, 5.74) is 0.194. The summed E-state index contributed by atoms with van der Waals surface area (Å²) in [5, 5.41) is 15.3. The monoisotopic (exact) mass is 316 g/mol. The molecule has 22 heavy (non-hydrogen) atoms. The molecular formula is C15H22F2N2O3. The van der Waals surface area contributed by atoms with Gasteiger partial charge in [-0.3, -0.25) is 0 Å². The van der Waals surface area contributed by atoms with Crippen molar-refractivity contribution in [2.75, 3.05) is 13.7 Å². The molecule has 0 aromatic heterocycles. The van der Waals surface area contributed by atoms with Crippen LogP contribution in [0.1, 0.15) is 31.9 Å². The topological polar surface area (TPSA) is 70.6 Å². The number of halogens is 2. The number of hydrogen-bond donors (Lipinski definition) is 3. The summed E-state index contributed by atoms with van der Waals surface area (Å²) >= 11 is 0. The summed E-state index contributed by atoms with van der Waals surface area (Å²) in [5.74, 6) is -2.03. The molecule has 0 aliphatic rings. The number of nitrogens with one attached hydrogen (secondary N) is 2. The fourth-order valence-corrected chi connectivity index (χ4v) is 1.90. The van der Waals surface area contributed by atoms with Crippen LogP contribution in [0.4, 0.5) is 13.6 Å². The average Bonchev–Trinajstić information content (AvgIpc) is 2.46. The highest BCUT2D eigenvalue weighted by atomic mass is 19.2. The first-order valence-electron chi connectivity index (χ1n) is 7.04. The quantitative estimate of drug-likeness (QED) is 0.721. The van der Waals surface area contributed by atoms with Gasteiger partial charge in [0.15, 0.2) is 11.6 Å². The minimum absolute atomic E-state index is 0.0902.